The van der Waals surface area contributed by atoms with E-state index < -0.39 is 0 Å². The summed E-state index contributed by atoms with van der Waals surface area (Å²) < 4.78 is 6.92. The summed E-state index contributed by atoms with van der Waals surface area (Å²) >= 11 is 0. The van der Waals surface area contributed by atoms with Gasteiger partial charge in [0, 0.05) is 34.3 Å². The summed E-state index contributed by atoms with van der Waals surface area (Å²) in [5.41, 5.74) is 9.30. The molecule has 3 aromatic heterocycles. The van der Waals surface area contributed by atoms with Crippen molar-refractivity contribution in [1.82, 2.24) is 18.7 Å². The predicted molar refractivity (Wildman–Crippen MR) is 167 cm³/mol. The van der Waals surface area contributed by atoms with Gasteiger partial charge < -0.3 is 13.7 Å². The molecule has 40 heavy (non-hydrogen) atoms. The van der Waals surface area contributed by atoms with Gasteiger partial charge in [-0.3, -0.25) is 0 Å². The van der Waals surface area contributed by atoms with Crippen LogP contribution in [0.4, 0.5) is 0 Å². The van der Waals surface area contributed by atoms with Crippen molar-refractivity contribution in [2.75, 3.05) is 0 Å². The fourth-order valence-corrected chi connectivity index (χ4v) is 6.74. The third-order valence-electron chi connectivity index (χ3n) is 8.42. The average molecular weight is 513 g/mol. The first-order valence-corrected chi connectivity index (χ1v) is 13.6. The fourth-order valence-electron chi connectivity index (χ4n) is 6.74. The Hall–Kier alpha value is -5.35. The first-order chi connectivity index (χ1) is 19.8. The minimum Gasteiger partial charge on any atom is -0.332 e. The highest BCUT2D eigenvalue weighted by Crippen LogP contribution is 2.41. The molecule has 0 N–H and O–H groups in total. The van der Waals surface area contributed by atoms with Crippen LogP contribution < -0.4 is 0 Å². The number of rotatable bonds is 2. The lowest BCUT2D eigenvalue weighted by atomic mass is 10.0. The molecular formula is C36H24N4. The second-order valence-electron chi connectivity index (χ2n) is 10.6. The van der Waals surface area contributed by atoms with Gasteiger partial charge in [-0.15, -0.1) is 0 Å². The van der Waals surface area contributed by atoms with Gasteiger partial charge >= 0.3 is 0 Å². The molecule has 188 valence electrons. The van der Waals surface area contributed by atoms with E-state index in [0.29, 0.717) is 0 Å². The number of hydrogen-bond acceptors (Lipinski definition) is 1. The third kappa shape index (κ3) is 2.77. The molecule has 0 aliphatic heterocycles. The van der Waals surface area contributed by atoms with E-state index >= 15 is 0 Å². The van der Waals surface area contributed by atoms with Gasteiger partial charge in [0.05, 0.1) is 45.1 Å². The van der Waals surface area contributed by atoms with E-state index in [1.807, 2.05) is 6.33 Å². The van der Waals surface area contributed by atoms with E-state index in [0.717, 1.165) is 16.7 Å². The zero-order chi connectivity index (χ0) is 26.4. The second kappa shape index (κ2) is 7.84. The summed E-state index contributed by atoms with van der Waals surface area (Å²) in [4.78, 5) is 4.64. The zero-order valence-corrected chi connectivity index (χ0v) is 21.9. The Morgan fingerprint density at radius 2 is 1.27 bits per heavy atom. The van der Waals surface area contributed by atoms with E-state index in [2.05, 4.69) is 147 Å². The van der Waals surface area contributed by atoms with Gasteiger partial charge in [-0.1, -0.05) is 66.7 Å². The summed E-state index contributed by atoms with van der Waals surface area (Å²) in [5, 5.41) is 7.59. The summed E-state index contributed by atoms with van der Waals surface area (Å²) in [6, 6.07) is 43.9. The molecule has 0 atom stereocenters. The number of aromatic nitrogens is 4. The van der Waals surface area contributed by atoms with E-state index in [4.69, 9.17) is 0 Å². The molecule has 3 heterocycles. The van der Waals surface area contributed by atoms with Crippen LogP contribution in [-0.4, -0.2) is 18.7 Å². The maximum atomic E-state index is 4.64. The Labute approximate surface area is 229 Å². The molecular weight excluding hydrogens is 488 g/mol. The fraction of sp³-hybridized carbons (Fsp3) is 0.0278. The highest BCUT2D eigenvalue weighted by molar-refractivity contribution is 6.25. The average Bonchev–Trinajstić information content (AvgIpc) is 3.66. The summed E-state index contributed by atoms with van der Waals surface area (Å²) in [7, 11) is 2.07. The Morgan fingerprint density at radius 1 is 0.525 bits per heavy atom. The van der Waals surface area contributed by atoms with Gasteiger partial charge in [-0.25, -0.2) is 4.98 Å². The van der Waals surface area contributed by atoms with Crippen LogP contribution in [0, 0.1) is 0 Å². The van der Waals surface area contributed by atoms with Crippen LogP contribution >= 0.6 is 0 Å². The molecule has 0 aliphatic rings. The molecule has 0 saturated carbocycles. The number of imidazole rings is 1. The number of aryl methyl sites for hydroxylation is 1. The quantitative estimate of drug-likeness (QED) is 0.227. The number of hydrogen-bond donors (Lipinski definition) is 0. The van der Waals surface area contributed by atoms with Crippen LogP contribution in [0.15, 0.2) is 128 Å². The van der Waals surface area contributed by atoms with Crippen molar-refractivity contribution < 1.29 is 0 Å². The summed E-state index contributed by atoms with van der Waals surface area (Å²) in [5.74, 6) is 0. The van der Waals surface area contributed by atoms with Crippen molar-refractivity contribution in [3.63, 3.8) is 0 Å². The van der Waals surface area contributed by atoms with Crippen LogP contribution in [0.1, 0.15) is 0 Å². The summed E-state index contributed by atoms with van der Waals surface area (Å²) in [6.45, 7) is 0. The van der Waals surface area contributed by atoms with E-state index in [1.165, 1.54) is 60.1 Å². The zero-order valence-electron chi connectivity index (χ0n) is 21.9. The monoisotopic (exact) mass is 512 g/mol. The maximum absolute atomic E-state index is 4.64. The van der Waals surface area contributed by atoms with Gasteiger partial charge in [0.1, 0.15) is 0 Å². The van der Waals surface area contributed by atoms with Gasteiger partial charge in [-0.2, -0.15) is 0 Å². The molecule has 4 nitrogen and oxygen atoms in total. The molecule has 0 aliphatic carbocycles. The number of fused-ring (bicyclic) bond motifs is 9. The van der Waals surface area contributed by atoms with Crippen molar-refractivity contribution in [3.8, 4) is 11.4 Å². The number of benzene rings is 6. The maximum Gasteiger partial charge on any atom is 0.0956 e. The molecule has 0 fully saturated rings. The van der Waals surface area contributed by atoms with E-state index in [1.54, 1.807) is 0 Å². The van der Waals surface area contributed by atoms with Crippen LogP contribution in [0.2, 0.25) is 0 Å². The SMILES string of the molecule is Cn1cnc2cccc(-n3c4ccccc4c4cc5c(ccc6c5c5ccccc5n6-c5ccccc5)cc43)c21. The number of para-hydroxylation sites is 4. The van der Waals surface area contributed by atoms with Crippen molar-refractivity contribution in [2.24, 2.45) is 7.05 Å². The van der Waals surface area contributed by atoms with Gasteiger partial charge in [0.25, 0.3) is 0 Å². The van der Waals surface area contributed by atoms with Crippen molar-refractivity contribution in [3.05, 3.63) is 128 Å². The molecule has 6 aromatic carbocycles. The lowest BCUT2D eigenvalue weighted by Gasteiger charge is -2.11. The van der Waals surface area contributed by atoms with Crippen molar-refractivity contribution in [2.45, 2.75) is 0 Å². The first-order valence-electron chi connectivity index (χ1n) is 13.6. The molecule has 0 amide bonds. The lowest BCUT2D eigenvalue weighted by molar-refractivity contribution is 0.941. The van der Waals surface area contributed by atoms with E-state index in [9.17, 15) is 0 Å². The second-order valence-corrected chi connectivity index (χ2v) is 10.6. The Morgan fingerprint density at radius 3 is 2.12 bits per heavy atom. The van der Waals surface area contributed by atoms with Crippen molar-refractivity contribution in [1.29, 1.82) is 0 Å². The molecule has 9 rings (SSSR count). The highest BCUT2D eigenvalue weighted by Gasteiger charge is 2.19. The Kier molecular flexibility index (Phi) is 4.23. The molecule has 0 spiro atoms. The lowest BCUT2D eigenvalue weighted by Crippen LogP contribution is -1.98. The first kappa shape index (κ1) is 21.6. The highest BCUT2D eigenvalue weighted by atomic mass is 15.1. The Bertz CT molecular complexity index is 2440. The van der Waals surface area contributed by atoms with Crippen LogP contribution in [0.5, 0.6) is 0 Å². The Balaban J connectivity index is 1.46. The standard InChI is InChI=1S/C36H24N4/c1-38-22-37-29-14-9-17-33(36(29)38)40-30-15-7-5-12-25(30)28-21-27-23(20-34(28)40)18-19-32-35(27)26-13-6-8-16-31(26)39(32)24-10-3-2-4-11-24/h2-22H,1H3. The molecule has 0 saturated heterocycles. The number of nitrogens with zero attached hydrogens (tertiary/aromatic N) is 4. The van der Waals surface area contributed by atoms with Crippen LogP contribution in [0.25, 0.3) is 76.8 Å². The third-order valence-corrected chi connectivity index (χ3v) is 8.42. The summed E-state index contributed by atoms with van der Waals surface area (Å²) in [6.07, 6.45) is 1.90. The smallest absolute Gasteiger partial charge is 0.0956 e. The van der Waals surface area contributed by atoms with Gasteiger partial charge in [0.2, 0.25) is 0 Å². The molecule has 9 aromatic rings. The predicted octanol–water partition coefficient (Wildman–Crippen LogP) is 8.92. The molecule has 0 bridgehead atoms. The molecule has 4 heteroatoms. The van der Waals surface area contributed by atoms with Crippen molar-refractivity contribution >= 4 is 65.4 Å². The van der Waals surface area contributed by atoms with Crippen LogP contribution in [0.3, 0.4) is 0 Å². The molecule has 0 radical (unpaired) electrons. The van der Waals surface area contributed by atoms with Crippen LogP contribution in [-0.2, 0) is 7.05 Å². The largest absolute Gasteiger partial charge is 0.332 e. The van der Waals surface area contributed by atoms with Gasteiger partial charge in [-0.05, 0) is 65.4 Å². The van der Waals surface area contributed by atoms with E-state index in [-0.39, 0.29) is 0 Å². The van der Waals surface area contributed by atoms with Gasteiger partial charge in [0.15, 0.2) is 0 Å². The minimum atomic E-state index is 1.00. The normalized spacial score (nSPS) is 12.1. The molecule has 0 unspecified atom stereocenters. The topological polar surface area (TPSA) is 27.7 Å². The minimum absolute atomic E-state index is 1.00.